The van der Waals surface area contributed by atoms with Crippen LogP contribution in [0, 0.1) is 17.2 Å². The average Bonchev–Trinajstić information content (AvgIpc) is 3.25. The van der Waals surface area contributed by atoms with Crippen LogP contribution in [-0.4, -0.2) is 19.0 Å². The fourth-order valence-corrected chi connectivity index (χ4v) is 2.77. The lowest BCUT2D eigenvalue weighted by Gasteiger charge is -2.14. The van der Waals surface area contributed by atoms with Crippen LogP contribution in [-0.2, 0) is 4.79 Å². The first-order chi connectivity index (χ1) is 9.20. The van der Waals surface area contributed by atoms with Crippen molar-refractivity contribution >= 4 is 11.6 Å². The van der Waals surface area contributed by atoms with E-state index < -0.39 is 5.82 Å². The fourth-order valence-electron chi connectivity index (χ4n) is 2.77. The highest BCUT2D eigenvalue weighted by atomic mass is 19.1. The van der Waals surface area contributed by atoms with Gasteiger partial charge in [0.05, 0.1) is 12.2 Å². The second kappa shape index (κ2) is 4.93. The third-order valence-electron chi connectivity index (χ3n) is 4.25. The van der Waals surface area contributed by atoms with E-state index >= 15 is 0 Å². The first kappa shape index (κ1) is 12.6. The van der Waals surface area contributed by atoms with E-state index in [0.717, 1.165) is 12.5 Å². The number of anilines is 1. The zero-order valence-electron chi connectivity index (χ0n) is 10.9. The Labute approximate surface area is 112 Å². The van der Waals surface area contributed by atoms with Crippen LogP contribution in [0.2, 0.25) is 0 Å². The molecule has 0 spiro atoms. The lowest BCUT2D eigenvalue weighted by molar-refractivity contribution is -0.115. The van der Waals surface area contributed by atoms with Crippen LogP contribution in [0.5, 0.6) is 0 Å². The average molecular weight is 262 g/mol. The van der Waals surface area contributed by atoms with Gasteiger partial charge in [-0.3, -0.25) is 4.79 Å². The largest absolute Gasteiger partial charge is 0.322 e. The Balaban J connectivity index is 1.43. The first-order valence-corrected chi connectivity index (χ1v) is 6.95. The Morgan fingerprint density at radius 1 is 1.32 bits per heavy atom. The van der Waals surface area contributed by atoms with E-state index in [9.17, 15) is 9.18 Å². The van der Waals surface area contributed by atoms with Gasteiger partial charge >= 0.3 is 0 Å². The number of hydrogen-bond acceptors (Lipinski definition) is 2. The quantitative estimate of drug-likeness (QED) is 0.827. The monoisotopic (exact) mass is 262 g/mol. The molecule has 1 aromatic carbocycles. The van der Waals surface area contributed by atoms with Crippen molar-refractivity contribution < 1.29 is 9.18 Å². The van der Waals surface area contributed by atoms with Crippen molar-refractivity contribution in [2.45, 2.75) is 25.7 Å². The zero-order chi connectivity index (χ0) is 13.3. The van der Waals surface area contributed by atoms with Crippen molar-refractivity contribution in [1.82, 2.24) is 5.32 Å². The molecule has 2 saturated carbocycles. The molecule has 0 atom stereocenters. The van der Waals surface area contributed by atoms with Crippen molar-refractivity contribution in [1.29, 1.82) is 0 Å². The Bertz CT molecular complexity index is 481. The Kier molecular flexibility index (Phi) is 3.27. The topological polar surface area (TPSA) is 41.1 Å². The second-order valence-corrected chi connectivity index (χ2v) is 5.77. The van der Waals surface area contributed by atoms with E-state index in [0.29, 0.717) is 5.41 Å². The fraction of sp³-hybridized carbons (Fsp3) is 0.533. The Morgan fingerprint density at radius 3 is 2.68 bits per heavy atom. The summed E-state index contributed by atoms with van der Waals surface area (Å²) in [5, 5.41) is 5.80. The highest BCUT2D eigenvalue weighted by Gasteiger charge is 2.53. The number of para-hydroxylation sites is 1. The maximum absolute atomic E-state index is 13.4. The summed E-state index contributed by atoms with van der Waals surface area (Å²) in [6.07, 6.45) is 5.28. The molecule has 2 N–H and O–H groups in total. The van der Waals surface area contributed by atoms with Crippen molar-refractivity contribution in [2.75, 3.05) is 18.4 Å². The predicted molar refractivity (Wildman–Crippen MR) is 72.3 cm³/mol. The van der Waals surface area contributed by atoms with Crippen molar-refractivity contribution in [3.8, 4) is 0 Å². The second-order valence-electron chi connectivity index (χ2n) is 5.77. The summed E-state index contributed by atoms with van der Waals surface area (Å²) in [4.78, 5) is 11.7. The maximum atomic E-state index is 13.4. The van der Waals surface area contributed by atoms with Crippen LogP contribution in [0.25, 0.3) is 0 Å². The molecule has 102 valence electrons. The lowest BCUT2D eigenvalue weighted by atomic mass is 10.0. The van der Waals surface area contributed by atoms with Gasteiger partial charge in [-0.15, -0.1) is 0 Å². The van der Waals surface area contributed by atoms with Crippen LogP contribution in [0.3, 0.4) is 0 Å². The molecule has 19 heavy (non-hydrogen) atoms. The highest BCUT2D eigenvalue weighted by molar-refractivity contribution is 5.92. The predicted octanol–water partition coefficient (Wildman–Crippen LogP) is 2.54. The van der Waals surface area contributed by atoms with E-state index in [-0.39, 0.29) is 18.1 Å². The van der Waals surface area contributed by atoms with Crippen LogP contribution in [0.15, 0.2) is 24.3 Å². The molecule has 2 fully saturated rings. The van der Waals surface area contributed by atoms with Gasteiger partial charge in [-0.25, -0.2) is 4.39 Å². The minimum Gasteiger partial charge on any atom is -0.322 e. The minimum absolute atomic E-state index is 0.184. The Morgan fingerprint density at radius 2 is 2.05 bits per heavy atom. The molecule has 2 aliphatic rings. The maximum Gasteiger partial charge on any atom is 0.238 e. The van der Waals surface area contributed by atoms with Gasteiger partial charge in [0.1, 0.15) is 5.82 Å². The molecule has 0 saturated heterocycles. The number of halogens is 1. The van der Waals surface area contributed by atoms with E-state index in [1.807, 2.05) is 0 Å². The summed E-state index contributed by atoms with van der Waals surface area (Å²) >= 11 is 0. The van der Waals surface area contributed by atoms with Gasteiger partial charge < -0.3 is 10.6 Å². The van der Waals surface area contributed by atoms with Gasteiger partial charge in [0, 0.05) is 6.54 Å². The normalized spacial score (nSPS) is 20.1. The molecule has 0 aliphatic heterocycles. The Hall–Kier alpha value is -1.42. The van der Waals surface area contributed by atoms with Gasteiger partial charge in [-0.05, 0) is 49.1 Å². The summed E-state index contributed by atoms with van der Waals surface area (Å²) in [6.45, 7) is 1.17. The van der Waals surface area contributed by atoms with E-state index in [1.165, 1.54) is 31.7 Å². The molecule has 1 aromatic rings. The van der Waals surface area contributed by atoms with Crippen LogP contribution >= 0.6 is 0 Å². The number of carbonyl (C=O) groups excluding carboxylic acids is 1. The number of nitrogens with one attached hydrogen (secondary N) is 2. The molecule has 3 rings (SSSR count). The summed E-state index contributed by atoms with van der Waals surface area (Å²) in [5.74, 6) is 0.304. The molecule has 0 unspecified atom stereocenters. The van der Waals surface area contributed by atoms with Gasteiger partial charge in [-0.2, -0.15) is 0 Å². The molecular formula is C15H19FN2O. The summed E-state index contributed by atoms with van der Waals surface area (Å²) < 4.78 is 13.4. The zero-order valence-corrected chi connectivity index (χ0v) is 10.9. The standard InChI is InChI=1S/C15H19FN2O/c16-12-3-1-2-4-13(12)18-14(19)9-17-10-15(7-8-15)11-5-6-11/h1-4,11,17H,5-10H2,(H,18,19). The summed E-state index contributed by atoms with van der Waals surface area (Å²) in [7, 11) is 0. The number of hydrogen-bond donors (Lipinski definition) is 2. The van der Waals surface area contributed by atoms with Crippen LogP contribution in [0.4, 0.5) is 10.1 Å². The van der Waals surface area contributed by atoms with Crippen molar-refractivity contribution in [2.24, 2.45) is 11.3 Å². The van der Waals surface area contributed by atoms with Gasteiger partial charge in [0.25, 0.3) is 0 Å². The number of rotatable bonds is 6. The van der Waals surface area contributed by atoms with Crippen molar-refractivity contribution in [3.05, 3.63) is 30.1 Å². The molecule has 0 aromatic heterocycles. The third-order valence-corrected chi connectivity index (χ3v) is 4.25. The van der Waals surface area contributed by atoms with Gasteiger partial charge in [0.2, 0.25) is 5.91 Å². The van der Waals surface area contributed by atoms with Gasteiger partial charge in [-0.1, -0.05) is 12.1 Å². The summed E-state index contributed by atoms with van der Waals surface area (Å²) in [6, 6.07) is 6.23. The lowest BCUT2D eigenvalue weighted by Crippen LogP contribution is -2.33. The third kappa shape index (κ3) is 2.95. The smallest absolute Gasteiger partial charge is 0.238 e. The molecule has 3 nitrogen and oxygen atoms in total. The van der Waals surface area contributed by atoms with Crippen LogP contribution in [0.1, 0.15) is 25.7 Å². The number of carbonyl (C=O) groups is 1. The molecule has 0 heterocycles. The molecule has 1 amide bonds. The van der Waals surface area contributed by atoms with E-state index in [2.05, 4.69) is 10.6 Å². The van der Waals surface area contributed by atoms with Gasteiger partial charge in [0.15, 0.2) is 0 Å². The molecule has 0 radical (unpaired) electrons. The molecule has 4 heteroatoms. The van der Waals surface area contributed by atoms with E-state index in [4.69, 9.17) is 0 Å². The highest BCUT2D eigenvalue weighted by Crippen LogP contribution is 2.60. The number of benzene rings is 1. The molecular weight excluding hydrogens is 243 g/mol. The molecule has 2 aliphatic carbocycles. The first-order valence-electron chi connectivity index (χ1n) is 6.95. The SMILES string of the molecule is O=C(CNCC1(C2CC2)CC1)Nc1ccccc1F. The summed E-state index contributed by atoms with van der Waals surface area (Å²) in [5.41, 5.74) is 0.732. The van der Waals surface area contributed by atoms with Crippen molar-refractivity contribution in [3.63, 3.8) is 0 Å². The molecule has 0 bridgehead atoms. The number of amides is 1. The van der Waals surface area contributed by atoms with E-state index in [1.54, 1.807) is 18.2 Å². The minimum atomic E-state index is -0.396. The van der Waals surface area contributed by atoms with Crippen LogP contribution < -0.4 is 10.6 Å².